The zero-order chi connectivity index (χ0) is 10.6. The van der Waals surface area contributed by atoms with E-state index in [4.69, 9.17) is 5.73 Å². The summed E-state index contributed by atoms with van der Waals surface area (Å²) in [4.78, 5) is 12.3. The number of nitrogens with two attached hydrogens (primary N) is 1. The van der Waals surface area contributed by atoms with Gasteiger partial charge in [0.2, 0.25) is 5.91 Å². The van der Waals surface area contributed by atoms with Gasteiger partial charge in [-0.25, -0.2) is 0 Å². The maximum absolute atomic E-state index is 11.1. The van der Waals surface area contributed by atoms with Crippen molar-refractivity contribution in [3.8, 4) is 0 Å². The van der Waals surface area contributed by atoms with Crippen LogP contribution < -0.4 is 11.1 Å². The number of thiophene rings is 1. The number of hydrogen-bond acceptors (Lipinski definition) is 3. The van der Waals surface area contributed by atoms with Crippen LogP contribution in [0.3, 0.4) is 0 Å². The van der Waals surface area contributed by atoms with Crippen LogP contribution in [0.4, 0.5) is 0 Å². The largest absolute Gasteiger partial charge is 0.354 e. The summed E-state index contributed by atoms with van der Waals surface area (Å²) in [7, 11) is 0. The maximum Gasteiger partial charge on any atom is 0.236 e. The van der Waals surface area contributed by atoms with Crippen LogP contribution in [0, 0.1) is 0 Å². The normalized spacial score (nSPS) is 11.7. The molecule has 3 nitrogen and oxygen atoms in total. The molecular formula is C9H14BrClN2OS. The molecule has 0 fully saturated rings. The lowest BCUT2D eigenvalue weighted by molar-refractivity contribution is -0.121. The molecule has 0 aromatic carbocycles. The molecule has 0 radical (unpaired) electrons. The number of rotatable bonds is 4. The standard InChI is InChI=1S/C9H13BrN2OS.ClH/c1-6(11)9(13)12-5-4-7-2-3-8(10)14-7;/h2-3,6H,4-5,11H2,1H3,(H,12,13);1H/t6-;/m1./s1. The van der Waals surface area contributed by atoms with E-state index in [1.54, 1.807) is 18.3 Å². The average Bonchev–Trinajstić information content (AvgIpc) is 2.51. The zero-order valence-electron chi connectivity index (χ0n) is 8.33. The van der Waals surface area contributed by atoms with Crippen LogP contribution in [0.1, 0.15) is 11.8 Å². The molecule has 0 unspecified atom stereocenters. The number of halogens is 2. The third-order valence-electron chi connectivity index (χ3n) is 1.71. The molecule has 1 atom stereocenters. The molecule has 1 rings (SSSR count). The van der Waals surface area contributed by atoms with E-state index < -0.39 is 6.04 Å². The summed E-state index contributed by atoms with van der Waals surface area (Å²) in [5, 5.41) is 2.77. The van der Waals surface area contributed by atoms with Gasteiger partial charge in [-0.2, -0.15) is 0 Å². The molecule has 0 aliphatic carbocycles. The SMILES string of the molecule is C[C@@H](N)C(=O)NCCc1ccc(Br)s1.Cl. The molecule has 0 saturated heterocycles. The van der Waals surface area contributed by atoms with Gasteiger partial charge in [-0.1, -0.05) is 0 Å². The molecule has 6 heteroatoms. The van der Waals surface area contributed by atoms with E-state index in [1.807, 2.05) is 12.1 Å². The van der Waals surface area contributed by atoms with Gasteiger partial charge in [-0.3, -0.25) is 4.79 Å². The number of amides is 1. The second-order valence-electron chi connectivity index (χ2n) is 3.04. The molecule has 1 aromatic heterocycles. The number of nitrogens with one attached hydrogen (secondary N) is 1. The quantitative estimate of drug-likeness (QED) is 0.892. The fourth-order valence-electron chi connectivity index (χ4n) is 0.956. The summed E-state index contributed by atoms with van der Waals surface area (Å²) < 4.78 is 1.12. The zero-order valence-corrected chi connectivity index (χ0v) is 11.5. The van der Waals surface area contributed by atoms with Gasteiger partial charge in [0, 0.05) is 11.4 Å². The highest BCUT2D eigenvalue weighted by Gasteiger charge is 2.05. The van der Waals surface area contributed by atoms with E-state index in [2.05, 4.69) is 21.2 Å². The third-order valence-corrected chi connectivity index (χ3v) is 3.40. The van der Waals surface area contributed by atoms with Crippen LogP contribution in [0.2, 0.25) is 0 Å². The van der Waals surface area contributed by atoms with Crippen molar-refractivity contribution < 1.29 is 4.79 Å². The van der Waals surface area contributed by atoms with Gasteiger partial charge in [-0.15, -0.1) is 23.7 Å². The highest BCUT2D eigenvalue weighted by molar-refractivity contribution is 9.11. The Labute approximate surface area is 108 Å². The molecule has 15 heavy (non-hydrogen) atoms. The Hall–Kier alpha value is -0.100. The lowest BCUT2D eigenvalue weighted by Crippen LogP contribution is -2.39. The predicted octanol–water partition coefficient (Wildman–Crippen LogP) is 1.94. The van der Waals surface area contributed by atoms with Crippen molar-refractivity contribution in [1.82, 2.24) is 5.32 Å². The Morgan fingerprint density at radius 1 is 1.67 bits per heavy atom. The summed E-state index contributed by atoms with van der Waals surface area (Å²) in [5.41, 5.74) is 5.40. The average molecular weight is 314 g/mol. The van der Waals surface area contributed by atoms with Crippen LogP contribution in [0.25, 0.3) is 0 Å². The first-order valence-electron chi connectivity index (χ1n) is 4.37. The van der Waals surface area contributed by atoms with Crippen molar-refractivity contribution in [3.63, 3.8) is 0 Å². The van der Waals surface area contributed by atoms with Crippen LogP contribution in [0.15, 0.2) is 15.9 Å². The lowest BCUT2D eigenvalue weighted by Gasteiger charge is -2.06. The van der Waals surface area contributed by atoms with E-state index in [9.17, 15) is 4.79 Å². The van der Waals surface area contributed by atoms with Gasteiger partial charge in [0.05, 0.1) is 9.83 Å². The van der Waals surface area contributed by atoms with E-state index in [0.29, 0.717) is 6.54 Å². The van der Waals surface area contributed by atoms with Gasteiger partial charge >= 0.3 is 0 Å². The molecule has 0 spiro atoms. The minimum absolute atomic E-state index is 0. The topological polar surface area (TPSA) is 55.1 Å². The fourth-order valence-corrected chi connectivity index (χ4v) is 2.44. The summed E-state index contributed by atoms with van der Waals surface area (Å²) in [6, 6.07) is 3.63. The lowest BCUT2D eigenvalue weighted by atomic mass is 10.3. The van der Waals surface area contributed by atoms with Crippen LogP contribution >= 0.6 is 39.7 Å². The van der Waals surface area contributed by atoms with E-state index in [1.165, 1.54) is 4.88 Å². The molecule has 1 heterocycles. The molecule has 1 amide bonds. The van der Waals surface area contributed by atoms with Crippen molar-refractivity contribution in [2.75, 3.05) is 6.54 Å². The second-order valence-corrected chi connectivity index (χ2v) is 5.58. The second kappa shape index (κ2) is 7.22. The third kappa shape index (κ3) is 5.51. The molecule has 1 aromatic rings. The Kier molecular flexibility index (Phi) is 7.17. The summed E-state index contributed by atoms with van der Waals surface area (Å²) in [6.45, 7) is 2.32. The van der Waals surface area contributed by atoms with Crippen molar-refractivity contribution in [2.24, 2.45) is 5.73 Å². The maximum atomic E-state index is 11.1. The van der Waals surface area contributed by atoms with E-state index in [0.717, 1.165) is 10.2 Å². The predicted molar refractivity (Wildman–Crippen MR) is 69.6 cm³/mol. The first-order chi connectivity index (χ1) is 6.59. The summed E-state index contributed by atoms with van der Waals surface area (Å²) in [5.74, 6) is -0.0966. The molecule has 0 bridgehead atoms. The highest BCUT2D eigenvalue weighted by Crippen LogP contribution is 2.21. The first-order valence-corrected chi connectivity index (χ1v) is 5.98. The highest BCUT2D eigenvalue weighted by atomic mass is 79.9. The summed E-state index contributed by atoms with van der Waals surface area (Å²) in [6.07, 6.45) is 0.856. The molecular weight excluding hydrogens is 300 g/mol. The number of carbonyl (C=O) groups excluding carboxylic acids is 1. The van der Waals surface area contributed by atoms with E-state index >= 15 is 0 Å². The Morgan fingerprint density at radius 3 is 2.80 bits per heavy atom. The molecule has 86 valence electrons. The molecule has 3 N–H and O–H groups in total. The first kappa shape index (κ1) is 14.9. The molecule has 0 aliphatic heterocycles. The van der Waals surface area contributed by atoms with Crippen molar-refractivity contribution in [2.45, 2.75) is 19.4 Å². The van der Waals surface area contributed by atoms with Crippen LogP contribution in [-0.4, -0.2) is 18.5 Å². The summed E-state index contributed by atoms with van der Waals surface area (Å²) >= 11 is 5.07. The van der Waals surface area contributed by atoms with Gasteiger partial charge in [-0.05, 0) is 41.4 Å². The van der Waals surface area contributed by atoms with Gasteiger partial charge in [0.15, 0.2) is 0 Å². The van der Waals surface area contributed by atoms with Gasteiger partial charge < -0.3 is 11.1 Å². The minimum atomic E-state index is -0.426. The fraction of sp³-hybridized carbons (Fsp3) is 0.444. The Morgan fingerprint density at radius 2 is 2.33 bits per heavy atom. The Bertz CT molecular complexity index is 317. The Balaban J connectivity index is 0.00000196. The number of carbonyl (C=O) groups is 1. The van der Waals surface area contributed by atoms with Crippen molar-refractivity contribution in [1.29, 1.82) is 0 Å². The van der Waals surface area contributed by atoms with Gasteiger partial charge in [0.25, 0.3) is 0 Å². The monoisotopic (exact) mass is 312 g/mol. The van der Waals surface area contributed by atoms with E-state index in [-0.39, 0.29) is 18.3 Å². The van der Waals surface area contributed by atoms with Crippen molar-refractivity contribution in [3.05, 3.63) is 20.8 Å². The van der Waals surface area contributed by atoms with Crippen molar-refractivity contribution >= 4 is 45.6 Å². The smallest absolute Gasteiger partial charge is 0.236 e. The number of hydrogen-bond donors (Lipinski definition) is 2. The van der Waals surface area contributed by atoms with Crippen LogP contribution in [0.5, 0.6) is 0 Å². The van der Waals surface area contributed by atoms with Gasteiger partial charge in [0.1, 0.15) is 0 Å². The molecule has 0 saturated carbocycles. The van der Waals surface area contributed by atoms with Crippen LogP contribution in [-0.2, 0) is 11.2 Å². The minimum Gasteiger partial charge on any atom is -0.354 e. The molecule has 0 aliphatic rings.